The normalized spacial score (nSPS) is 20.9. The first-order valence-corrected chi connectivity index (χ1v) is 6.98. The molecule has 100 valence electrons. The molecule has 2 nitrogen and oxygen atoms in total. The van der Waals surface area contributed by atoms with Gasteiger partial charge < -0.3 is 10.1 Å². The Kier molecular flexibility index (Phi) is 4.41. The third-order valence-corrected chi connectivity index (χ3v) is 4.08. The Morgan fingerprint density at radius 1 is 1.33 bits per heavy atom. The summed E-state index contributed by atoms with van der Waals surface area (Å²) in [7, 11) is 1.79. The number of ether oxygens (including phenoxy) is 1. The first-order valence-electron chi connectivity index (χ1n) is 6.98. The van der Waals surface area contributed by atoms with Crippen LogP contribution in [0.25, 0.3) is 0 Å². The van der Waals surface area contributed by atoms with E-state index in [9.17, 15) is 0 Å². The van der Waals surface area contributed by atoms with E-state index in [1.807, 2.05) is 0 Å². The Labute approximate surface area is 111 Å². The van der Waals surface area contributed by atoms with Gasteiger partial charge in [-0.25, -0.2) is 0 Å². The van der Waals surface area contributed by atoms with Crippen molar-refractivity contribution >= 4 is 0 Å². The number of piperidine rings is 1. The van der Waals surface area contributed by atoms with Gasteiger partial charge in [-0.15, -0.1) is 0 Å². The topological polar surface area (TPSA) is 21.3 Å². The lowest BCUT2D eigenvalue weighted by Gasteiger charge is -2.29. The molecule has 1 N–H and O–H groups in total. The molecule has 2 rings (SSSR count). The van der Waals surface area contributed by atoms with Gasteiger partial charge in [0.15, 0.2) is 0 Å². The zero-order valence-corrected chi connectivity index (χ0v) is 11.8. The summed E-state index contributed by atoms with van der Waals surface area (Å²) in [5, 5.41) is 3.50. The molecule has 0 aliphatic carbocycles. The molecule has 2 heteroatoms. The van der Waals surface area contributed by atoms with Crippen LogP contribution < -0.4 is 5.32 Å². The van der Waals surface area contributed by atoms with Crippen molar-refractivity contribution < 1.29 is 4.74 Å². The molecule has 1 aliphatic rings. The highest BCUT2D eigenvalue weighted by molar-refractivity contribution is 5.32. The van der Waals surface area contributed by atoms with Crippen molar-refractivity contribution in [1.29, 1.82) is 0 Å². The SMILES string of the molecule is COC(C)(C)c1ccccc1CC1CCCNC1. The van der Waals surface area contributed by atoms with Gasteiger partial charge in [-0.1, -0.05) is 24.3 Å². The van der Waals surface area contributed by atoms with E-state index < -0.39 is 0 Å². The maximum atomic E-state index is 5.64. The number of methoxy groups -OCH3 is 1. The van der Waals surface area contributed by atoms with Crippen LogP contribution in [0, 0.1) is 5.92 Å². The van der Waals surface area contributed by atoms with Crippen molar-refractivity contribution in [3.63, 3.8) is 0 Å². The summed E-state index contributed by atoms with van der Waals surface area (Å²) in [6.07, 6.45) is 3.81. The highest BCUT2D eigenvalue weighted by Gasteiger charge is 2.24. The van der Waals surface area contributed by atoms with Crippen molar-refractivity contribution in [3.8, 4) is 0 Å². The van der Waals surface area contributed by atoms with Crippen LogP contribution >= 0.6 is 0 Å². The van der Waals surface area contributed by atoms with Crippen LogP contribution in [0.1, 0.15) is 37.8 Å². The minimum absolute atomic E-state index is 0.196. The summed E-state index contributed by atoms with van der Waals surface area (Å²) in [6, 6.07) is 8.71. The molecule has 0 saturated carbocycles. The molecule has 1 aromatic carbocycles. The molecule has 1 saturated heterocycles. The Morgan fingerprint density at radius 3 is 2.78 bits per heavy atom. The highest BCUT2D eigenvalue weighted by atomic mass is 16.5. The molecular formula is C16H25NO. The van der Waals surface area contributed by atoms with E-state index in [4.69, 9.17) is 4.74 Å². The lowest BCUT2D eigenvalue weighted by atomic mass is 9.85. The number of hydrogen-bond donors (Lipinski definition) is 1. The maximum Gasteiger partial charge on any atom is 0.0874 e. The number of nitrogens with one attached hydrogen (secondary N) is 1. The molecule has 0 amide bonds. The van der Waals surface area contributed by atoms with E-state index in [2.05, 4.69) is 43.4 Å². The molecule has 0 bridgehead atoms. The van der Waals surface area contributed by atoms with Gasteiger partial charge in [0, 0.05) is 7.11 Å². The average Bonchev–Trinajstić information content (AvgIpc) is 2.40. The second kappa shape index (κ2) is 5.85. The van der Waals surface area contributed by atoms with Gasteiger partial charge in [0.2, 0.25) is 0 Å². The van der Waals surface area contributed by atoms with Gasteiger partial charge >= 0.3 is 0 Å². The van der Waals surface area contributed by atoms with Crippen LogP contribution in [-0.4, -0.2) is 20.2 Å². The van der Waals surface area contributed by atoms with Crippen LogP contribution in [0.2, 0.25) is 0 Å². The van der Waals surface area contributed by atoms with Crippen LogP contribution in [0.5, 0.6) is 0 Å². The summed E-state index contributed by atoms with van der Waals surface area (Å²) < 4.78 is 5.64. The van der Waals surface area contributed by atoms with E-state index in [0.717, 1.165) is 18.9 Å². The molecule has 1 atom stereocenters. The second-order valence-electron chi connectivity index (χ2n) is 5.79. The van der Waals surface area contributed by atoms with Crippen LogP contribution in [0.4, 0.5) is 0 Å². The highest BCUT2D eigenvalue weighted by Crippen LogP contribution is 2.29. The van der Waals surface area contributed by atoms with Gasteiger partial charge in [-0.3, -0.25) is 0 Å². The number of hydrogen-bond acceptors (Lipinski definition) is 2. The molecule has 1 aromatic rings. The third-order valence-electron chi connectivity index (χ3n) is 4.08. The minimum Gasteiger partial charge on any atom is -0.374 e. The largest absolute Gasteiger partial charge is 0.374 e. The summed E-state index contributed by atoms with van der Waals surface area (Å²) >= 11 is 0. The Hall–Kier alpha value is -0.860. The molecule has 1 fully saturated rings. The minimum atomic E-state index is -0.196. The molecule has 1 heterocycles. The fraction of sp³-hybridized carbons (Fsp3) is 0.625. The van der Waals surface area contributed by atoms with E-state index in [0.29, 0.717) is 0 Å². The Morgan fingerprint density at radius 2 is 2.11 bits per heavy atom. The molecule has 0 aromatic heterocycles. The monoisotopic (exact) mass is 247 g/mol. The van der Waals surface area contributed by atoms with Gasteiger partial charge in [-0.05, 0) is 63.2 Å². The van der Waals surface area contributed by atoms with E-state index >= 15 is 0 Å². The zero-order chi connectivity index (χ0) is 13.0. The molecular weight excluding hydrogens is 222 g/mol. The lowest BCUT2D eigenvalue weighted by Crippen LogP contribution is -2.31. The third kappa shape index (κ3) is 3.12. The van der Waals surface area contributed by atoms with E-state index in [1.54, 1.807) is 7.11 Å². The van der Waals surface area contributed by atoms with Gasteiger partial charge in [0.05, 0.1) is 5.60 Å². The second-order valence-corrected chi connectivity index (χ2v) is 5.79. The molecule has 0 spiro atoms. The van der Waals surface area contributed by atoms with Crippen molar-refractivity contribution in [1.82, 2.24) is 5.32 Å². The van der Waals surface area contributed by atoms with Gasteiger partial charge in [0.1, 0.15) is 0 Å². The van der Waals surface area contributed by atoms with Crippen molar-refractivity contribution in [2.75, 3.05) is 20.2 Å². The molecule has 18 heavy (non-hydrogen) atoms. The standard InChI is InChI=1S/C16H25NO/c1-16(2,18-3)15-9-5-4-8-14(15)11-13-7-6-10-17-12-13/h4-5,8-9,13,17H,6-7,10-12H2,1-3H3. The first kappa shape index (κ1) is 13.6. The van der Waals surface area contributed by atoms with Crippen molar-refractivity contribution in [2.24, 2.45) is 5.92 Å². The lowest BCUT2D eigenvalue weighted by molar-refractivity contribution is 0.0183. The molecule has 0 radical (unpaired) electrons. The maximum absolute atomic E-state index is 5.64. The Bertz CT molecular complexity index is 380. The predicted molar refractivity (Wildman–Crippen MR) is 75.8 cm³/mol. The quantitative estimate of drug-likeness (QED) is 0.882. The smallest absolute Gasteiger partial charge is 0.0874 e. The summed E-state index contributed by atoms with van der Waals surface area (Å²) in [4.78, 5) is 0. The Balaban J connectivity index is 2.16. The average molecular weight is 247 g/mol. The number of rotatable bonds is 4. The molecule has 1 unspecified atom stereocenters. The van der Waals surface area contributed by atoms with Crippen molar-refractivity contribution in [2.45, 2.75) is 38.7 Å². The summed E-state index contributed by atoms with van der Waals surface area (Å²) in [5.41, 5.74) is 2.58. The first-order chi connectivity index (χ1) is 8.63. The number of benzene rings is 1. The fourth-order valence-corrected chi connectivity index (χ4v) is 2.80. The van der Waals surface area contributed by atoms with Gasteiger partial charge in [0.25, 0.3) is 0 Å². The fourth-order valence-electron chi connectivity index (χ4n) is 2.80. The summed E-state index contributed by atoms with van der Waals surface area (Å²) in [5.74, 6) is 0.771. The van der Waals surface area contributed by atoms with E-state index in [1.165, 1.54) is 30.5 Å². The zero-order valence-electron chi connectivity index (χ0n) is 11.8. The van der Waals surface area contributed by atoms with Crippen LogP contribution in [-0.2, 0) is 16.8 Å². The van der Waals surface area contributed by atoms with Crippen LogP contribution in [0.15, 0.2) is 24.3 Å². The predicted octanol–water partition coefficient (Wildman–Crippen LogP) is 3.11. The summed E-state index contributed by atoms with van der Waals surface area (Å²) in [6.45, 7) is 6.62. The van der Waals surface area contributed by atoms with E-state index in [-0.39, 0.29) is 5.60 Å². The van der Waals surface area contributed by atoms with Crippen molar-refractivity contribution in [3.05, 3.63) is 35.4 Å². The molecule has 1 aliphatic heterocycles. The van der Waals surface area contributed by atoms with Gasteiger partial charge in [-0.2, -0.15) is 0 Å². The van der Waals surface area contributed by atoms with Crippen LogP contribution in [0.3, 0.4) is 0 Å².